The van der Waals surface area contributed by atoms with E-state index in [0.29, 0.717) is 5.56 Å². The number of hydrogen-bond donors (Lipinski definition) is 2. The molecule has 0 spiro atoms. The first kappa shape index (κ1) is 14.4. The van der Waals surface area contributed by atoms with Gasteiger partial charge in [0.25, 0.3) is 5.91 Å². The van der Waals surface area contributed by atoms with Crippen LogP contribution in [0.4, 0.5) is 0 Å². The standard InChI is InChI=1S/C15H19NO4/c1-10(14(18)16-12-4-2-3-5-12)20-15(19)11-6-8-13(17)9-7-11/h6-10,12,17H,2-5H2,1H3,(H,16,18). The summed E-state index contributed by atoms with van der Waals surface area (Å²) in [6.07, 6.45) is 3.42. The molecule has 108 valence electrons. The van der Waals surface area contributed by atoms with Crippen LogP contribution in [-0.4, -0.2) is 29.1 Å². The molecule has 0 aliphatic heterocycles. The molecule has 1 aromatic carbocycles. The zero-order chi connectivity index (χ0) is 14.5. The summed E-state index contributed by atoms with van der Waals surface area (Å²) in [6.45, 7) is 1.56. The van der Waals surface area contributed by atoms with Gasteiger partial charge in [-0.2, -0.15) is 0 Å². The van der Waals surface area contributed by atoms with Crippen LogP contribution in [-0.2, 0) is 9.53 Å². The minimum atomic E-state index is -0.822. The molecule has 1 fully saturated rings. The maximum absolute atomic E-state index is 11.9. The third kappa shape index (κ3) is 3.73. The number of carbonyl (C=O) groups excluding carboxylic acids is 2. The lowest BCUT2D eigenvalue weighted by Gasteiger charge is -2.17. The highest BCUT2D eigenvalue weighted by Crippen LogP contribution is 2.18. The minimum Gasteiger partial charge on any atom is -0.508 e. The monoisotopic (exact) mass is 277 g/mol. The molecule has 0 radical (unpaired) electrons. The SMILES string of the molecule is CC(OC(=O)c1ccc(O)cc1)C(=O)NC1CCCC1. The van der Waals surface area contributed by atoms with Crippen molar-refractivity contribution < 1.29 is 19.4 Å². The second-order valence-corrected chi connectivity index (χ2v) is 5.08. The maximum atomic E-state index is 11.9. The predicted molar refractivity (Wildman–Crippen MR) is 73.4 cm³/mol. The molecule has 0 saturated heterocycles. The van der Waals surface area contributed by atoms with Gasteiger partial charge in [0.2, 0.25) is 0 Å². The fourth-order valence-electron chi connectivity index (χ4n) is 2.27. The quantitative estimate of drug-likeness (QED) is 0.825. The van der Waals surface area contributed by atoms with Gasteiger partial charge in [-0.05, 0) is 44.0 Å². The highest BCUT2D eigenvalue weighted by molar-refractivity contribution is 5.92. The van der Waals surface area contributed by atoms with Crippen molar-refractivity contribution in [2.24, 2.45) is 0 Å². The number of phenolic OH excluding ortho intramolecular Hbond substituents is 1. The molecular weight excluding hydrogens is 258 g/mol. The van der Waals surface area contributed by atoms with E-state index >= 15 is 0 Å². The highest BCUT2D eigenvalue weighted by atomic mass is 16.5. The number of rotatable bonds is 4. The molecular formula is C15H19NO4. The molecule has 20 heavy (non-hydrogen) atoms. The largest absolute Gasteiger partial charge is 0.508 e. The summed E-state index contributed by atoms with van der Waals surface area (Å²) in [4.78, 5) is 23.7. The molecule has 2 N–H and O–H groups in total. The van der Waals surface area contributed by atoms with E-state index in [0.717, 1.165) is 25.7 Å². The summed E-state index contributed by atoms with van der Waals surface area (Å²) in [5, 5.41) is 12.0. The second-order valence-electron chi connectivity index (χ2n) is 5.08. The Morgan fingerprint density at radius 3 is 2.45 bits per heavy atom. The van der Waals surface area contributed by atoms with E-state index in [1.807, 2.05) is 0 Å². The Kier molecular flexibility index (Phi) is 4.61. The molecule has 1 amide bonds. The number of benzene rings is 1. The third-order valence-corrected chi connectivity index (χ3v) is 3.46. The van der Waals surface area contributed by atoms with Crippen LogP contribution in [0.3, 0.4) is 0 Å². The zero-order valence-corrected chi connectivity index (χ0v) is 11.5. The summed E-state index contributed by atoms with van der Waals surface area (Å²) in [6, 6.07) is 5.93. The van der Waals surface area contributed by atoms with Crippen molar-refractivity contribution >= 4 is 11.9 Å². The molecule has 5 nitrogen and oxygen atoms in total. The Balaban J connectivity index is 1.86. The van der Waals surface area contributed by atoms with Crippen molar-refractivity contribution in [3.8, 4) is 5.75 Å². The van der Waals surface area contributed by atoms with Crippen LogP contribution in [0, 0.1) is 0 Å². The molecule has 1 aliphatic rings. The van der Waals surface area contributed by atoms with Gasteiger partial charge >= 0.3 is 5.97 Å². The van der Waals surface area contributed by atoms with Gasteiger partial charge in [-0.15, -0.1) is 0 Å². The number of hydrogen-bond acceptors (Lipinski definition) is 4. The zero-order valence-electron chi connectivity index (χ0n) is 11.5. The van der Waals surface area contributed by atoms with Gasteiger partial charge < -0.3 is 15.2 Å². The first-order valence-electron chi connectivity index (χ1n) is 6.86. The van der Waals surface area contributed by atoms with Gasteiger partial charge in [0.15, 0.2) is 6.10 Å². The van der Waals surface area contributed by atoms with Crippen LogP contribution in [0.5, 0.6) is 5.75 Å². The Morgan fingerprint density at radius 2 is 1.85 bits per heavy atom. The Bertz CT molecular complexity index is 477. The summed E-state index contributed by atoms with van der Waals surface area (Å²) in [5.74, 6) is -0.753. The fraction of sp³-hybridized carbons (Fsp3) is 0.467. The third-order valence-electron chi connectivity index (χ3n) is 3.46. The van der Waals surface area contributed by atoms with Crippen molar-refractivity contribution in [1.82, 2.24) is 5.32 Å². The molecule has 5 heteroatoms. The summed E-state index contributed by atoms with van der Waals surface area (Å²) >= 11 is 0. The topological polar surface area (TPSA) is 75.6 Å². The van der Waals surface area contributed by atoms with Gasteiger partial charge in [-0.25, -0.2) is 4.79 Å². The lowest BCUT2D eigenvalue weighted by Crippen LogP contribution is -2.40. The summed E-state index contributed by atoms with van der Waals surface area (Å²) in [5.41, 5.74) is 0.309. The highest BCUT2D eigenvalue weighted by Gasteiger charge is 2.23. The molecule has 1 atom stereocenters. The maximum Gasteiger partial charge on any atom is 0.338 e. The van der Waals surface area contributed by atoms with Gasteiger partial charge in [0, 0.05) is 6.04 Å². The van der Waals surface area contributed by atoms with E-state index in [-0.39, 0.29) is 17.7 Å². The van der Waals surface area contributed by atoms with E-state index in [1.165, 1.54) is 24.3 Å². The van der Waals surface area contributed by atoms with E-state index in [4.69, 9.17) is 9.84 Å². The number of carbonyl (C=O) groups is 2. The number of phenols is 1. The number of ether oxygens (including phenoxy) is 1. The second kappa shape index (κ2) is 6.41. The van der Waals surface area contributed by atoms with Gasteiger partial charge in [-0.1, -0.05) is 12.8 Å². The van der Waals surface area contributed by atoms with Crippen molar-refractivity contribution in [3.63, 3.8) is 0 Å². The van der Waals surface area contributed by atoms with Crippen LogP contribution >= 0.6 is 0 Å². The minimum absolute atomic E-state index is 0.0774. The van der Waals surface area contributed by atoms with Crippen LogP contribution in [0.25, 0.3) is 0 Å². The predicted octanol–water partition coefficient (Wildman–Crippen LogP) is 2.00. The van der Waals surface area contributed by atoms with Crippen LogP contribution in [0.1, 0.15) is 43.0 Å². The lowest BCUT2D eigenvalue weighted by atomic mass is 10.2. The Labute approximate surface area is 117 Å². The molecule has 1 unspecified atom stereocenters. The average Bonchev–Trinajstić information content (AvgIpc) is 2.92. The van der Waals surface area contributed by atoms with Crippen molar-refractivity contribution in [2.45, 2.75) is 44.8 Å². The number of amides is 1. The Morgan fingerprint density at radius 1 is 1.25 bits per heavy atom. The molecule has 1 aromatic rings. The van der Waals surface area contributed by atoms with E-state index in [2.05, 4.69) is 5.32 Å². The van der Waals surface area contributed by atoms with E-state index in [9.17, 15) is 9.59 Å². The molecule has 0 bridgehead atoms. The number of esters is 1. The van der Waals surface area contributed by atoms with Crippen molar-refractivity contribution in [3.05, 3.63) is 29.8 Å². The first-order valence-corrected chi connectivity index (χ1v) is 6.86. The fourth-order valence-corrected chi connectivity index (χ4v) is 2.27. The van der Waals surface area contributed by atoms with E-state index < -0.39 is 12.1 Å². The van der Waals surface area contributed by atoms with Gasteiger partial charge in [0.1, 0.15) is 5.75 Å². The Hall–Kier alpha value is -2.04. The smallest absolute Gasteiger partial charge is 0.338 e. The molecule has 0 heterocycles. The first-order chi connectivity index (χ1) is 9.56. The molecule has 1 saturated carbocycles. The van der Waals surface area contributed by atoms with E-state index in [1.54, 1.807) is 6.92 Å². The normalized spacial score (nSPS) is 16.6. The van der Waals surface area contributed by atoms with Gasteiger partial charge in [0.05, 0.1) is 5.56 Å². The average molecular weight is 277 g/mol. The van der Waals surface area contributed by atoms with Crippen molar-refractivity contribution in [1.29, 1.82) is 0 Å². The van der Waals surface area contributed by atoms with Crippen LogP contribution in [0.2, 0.25) is 0 Å². The molecule has 0 aromatic heterocycles. The summed E-state index contributed by atoms with van der Waals surface area (Å²) in [7, 11) is 0. The summed E-state index contributed by atoms with van der Waals surface area (Å²) < 4.78 is 5.12. The van der Waals surface area contributed by atoms with Crippen LogP contribution < -0.4 is 5.32 Å². The van der Waals surface area contributed by atoms with Crippen molar-refractivity contribution in [2.75, 3.05) is 0 Å². The number of nitrogens with one attached hydrogen (secondary N) is 1. The van der Waals surface area contributed by atoms with Crippen LogP contribution in [0.15, 0.2) is 24.3 Å². The lowest BCUT2D eigenvalue weighted by molar-refractivity contribution is -0.129. The molecule has 2 rings (SSSR count). The molecule has 1 aliphatic carbocycles. The van der Waals surface area contributed by atoms with Gasteiger partial charge in [-0.3, -0.25) is 4.79 Å². The number of aromatic hydroxyl groups is 1.